The van der Waals surface area contributed by atoms with Crippen LogP contribution in [0, 0.1) is 5.92 Å². The molecule has 0 aliphatic heterocycles. The van der Waals surface area contributed by atoms with Gasteiger partial charge in [0.2, 0.25) is 0 Å². The lowest BCUT2D eigenvalue weighted by Crippen LogP contribution is -2.55. The number of carbonyl (C=O) groups is 2. The molecular weight excluding hydrogens is 332 g/mol. The van der Waals surface area contributed by atoms with Gasteiger partial charge in [0, 0.05) is 32.4 Å². The zero-order valence-corrected chi connectivity index (χ0v) is 16.5. The summed E-state index contributed by atoms with van der Waals surface area (Å²) in [5.41, 5.74) is -0.522. The van der Waals surface area contributed by atoms with Gasteiger partial charge >= 0.3 is 6.09 Å². The molecule has 2 N–H and O–H groups in total. The van der Waals surface area contributed by atoms with E-state index in [9.17, 15) is 9.59 Å². The van der Waals surface area contributed by atoms with Crippen LogP contribution in [0.4, 0.5) is 10.6 Å². The van der Waals surface area contributed by atoms with Crippen LogP contribution in [0.2, 0.25) is 0 Å². The molecule has 144 valence electrons. The molecule has 1 aromatic rings. The van der Waals surface area contributed by atoms with Crippen molar-refractivity contribution < 1.29 is 14.3 Å². The van der Waals surface area contributed by atoms with Gasteiger partial charge in [-0.05, 0) is 58.6 Å². The molecule has 2 amide bonds. The van der Waals surface area contributed by atoms with Crippen molar-refractivity contribution in [3.63, 3.8) is 0 Å². The summed E-state index contributed by atoms with van der Waals surface area (Å²) in [6.07, 6.45) is 3.22. The van der Waals surface area contributed by atoms with E-state index in [0.717, 1.165) is 18.7 Å². The first-order valence-corrected chi connectivity index (χ1v) is 8.93. The Labute approximate surface area is 155 Å². The van der Waals surface area contributed by atoms with Crippen molar-refractivity contribution >= 4 is 17.8 Å². The average molecular weight is 362 g/mol. The Morgan fingerprint density at radius 2 is 1.92 bits per heavy atom. The highest BCUT2D eigenvalue weighted by Gasteiger charge is 2.43. The first kappa shape index (κ1) is 20.0. The third-order valence-electron chi connectivity index (χ3n) is 4.34. The van der Waals surface area contributed by atoms with Crippen molar-refractivity contribution in [3.8, 4) is 0 Å². The Morgan fingerprint density at radius 3 is 2.46 bits per heavy atom. The fraction of sp³-hybridized carbons (Fsp3) is 0.632. The lowest BCUT2D eigenvalue weighted by Gasteiger charge is -2.32. The van der Waals surface area contributed by atoms with Gasteiger partial charge in [0.1, 0.15) is 11.4 Å². The fourth-order valence-corrected chi connectivity index (χ4v) is 2.72. The topological polar surface area (TPSA) is 83.6 Å². The van der Waals surface area contributed by atoms with E-state index >= 15 is 0 Å². The van der Waals surface area contributed by atoms with E-state index in [2.05, 4.69) is 15.6 Å². The molecule has 0 spiro atoms. The quantitative estimate of drug-likeness (QED) is 0.813. The van der Waals surface area contributed by atoms with E-state index in [1.54, 1.807) is 18.3 Å². The number of ether oxygens (including phenoxy) is 1. The molecule has 1 aliphatic rings. The number of pyridine rings is 1. The van der Waals surface area contributed by atoms with Crippen LogP contribution >= 0.6 is 0 Å². The van der Waals surface area contributed by atoms with Crippen LogP contribution < -0.4 is 15.5 Å². The number of nitrogens with one attached hydrogen (secondary N) is 2. The summed E-state index contributed by atoms with van der Waals surface area (Å²) in [5.74, 6) is 0.894. The number of alkyl carbamates (subject to hydrolysis) is 1. The summed E-state index contributed by atoms with van der Waals surface area (Å²) < 4.78 is 5.29. The maximum atomic E-state index is 12.7. The van der Waals surface area contributed by atoms with Crippen molar-refractivity contribution in [2.75, 3.05) is 25.5 Å². The molecule has 1 aliphatic carbocycles. The summed E-state index contributed by atoms with van der Waals surface area (Å²) in [7, 11) is 3.76. The van der Waals surface area contributed by atoms with Crippen molar-refractivity contribution in [1.82, 2.24) is 15.6 Å². The molecule has 0 saturated heterocycles. The minimum atomic E-state index is -0.553. The first-order valence-electron chi connectivity index (χ1n) is 8.93. The summed E-state index contributed by atoms with van der Waals surface area (Å²) in [5, 5.41) is 5.89. The second-order valence-electron chi connectivity index (χ2n) is 8.30. The van der Waals surface area contributed by atoms with E-state index in [0.29, 0.717) is 18.0 Å². The summed E-state index contributed by atoms with van der Waals surface area (Å²) in [6.45, 7) is 7.75. The summed E-state index contributed by atoms with van der Waals surface area (Å²) in [6, 6.07) is 3.45. The molecule has 1 unspecified atom stereocenters. The summed E-state index contributed by atoms with van der Waals surface area (Å²) in [4.78, 5) is 30.8. The van der Waals surface area contributed by atoms with Gasteiger partial charge in [-0.1, -0.05) is 0 Å². The minimum absolute atomic E-state index is 0.170. The molecule has 1 fully saturated rings. The molecule has 1 atom stereocenters. The van der Waals surface area contributed by atoms with Gasteiger partial charge in [-0.15, -0.1) is 0 Å². The van der Waals surface area contributed by atoms with Gasteiger partial charge in [0.05, 0.1) is 5.54 Å². The molecule has 7 nitrogen and oxygen atoms in total. The number of aromatic nitrogens is 1. The van der Waals surface area contributed by atoms with Crippen LogP contribution in [0.25, 0.3) is 0 Å². The van der Waals surface area contributed by atoms with Gasteiger partial charge in [-0.3, -0.25) is 4.79 Å². The van der Waals surface area contributed by atoms with Crippen LogP contribution in [-0.4, -0.2) is 48.8 Å². The number of rotatable bonds is 6. The molecular formula is C19H30N4O3. The van der Waals surface area contributed by atoms with E-state index in [1.807, 2.05) is 46.7 Å². The van der Waals surface area contributed by atoms with Gasteiger partial charge in [-0.25, -0.2) is 9.78 Å². The zero-order valence-electron chi connectivity index (χ0n) is 16.5. The number of hydrogen-bond donors (Lipinski definition) is 2. The molecule has 1 aromatic heterocycles. The normalized spacial score (nSPS) is 16.4. The van der Waals surface area contributed by atoms with Crippen molar-refractivity contribution in [2.24, 2.45) is 5.92 Å². The van der Waals surface area contributed by atoms with Gasteiger partial charge in [-0.2, -0.15) is 0 Å². The number of hydrogen-bond acceptors (Lipinski definition) is 5. The maximum Gasteiger partial charge on any atom is 0.407 e. The smallest absolute Gasteiger partial charge is 0.407 e. The van der Waals surface area contributed by atoms with E-state index < -0.39 is 17.2 Å². The Bertz CT molecular complexity index is 665. The van der Waals surface area contributed by atoms with Crippen molar-refractivity contribution in [3.05, 3.63) is 23.9 Å². The SMILES string of the molecule is CN(C)c1cc(C(=O)NC(C)(CNC(=O)OC(C)(C)C)C2CC2)ccn1. The first-order chi connectivity index (χ1) is 12.0. The molecule has 26 heavy (non-hydrogen) atoms. The Morgan fingerprint density at radius 1 is 1.27 bits per heavy atom. The third kappa shape index (κ3) is 5.61. The molecule has 1 heterocycles. The van der Waals surface area contributed by atoms with Crippen LogP contribution in [0.5, 0.6) is 0 Å². The second-order valence-corrected chi connectivity index (χ2v) is 8.30. The zero-order chi connectivity index (χ0) is 19.5. The summed E-state index contributed by atoms with van der Waals surface area (Å²) >= 11 is 0. The number of carbonyl (C=O) groups excluding carboxylic acids is 2. The molecule has 0 bridgehead atoms. The van der Waals surface area contributed by atoms with Crippen LogP contribution in [0.15, 0.2) is 18.3 Å². The molecule has 2 rings (SSSR count). The van der Waals surface area contributed by atoms with Crippen molar-refractivity contribution in [2.45, 2.75) is 51.7 Å². The lowest BCUT2D eigenvalue weighted by molar-refractivity contribution is 0.0502. The Hall–Kier alpha value is -2.31. The molecule has 1 saturated carbocycles. The van der Waals surface area contributed by atoms with Gasteiger partial charge < -0.3 is 20.3 Å². The van der Waals surface area contributed by atoms with Gasteiger partial charge in [0.25, 0.3) is 5.91 Å². The Kier molecular flexibility index (Phi) is 5.78. The predicted molar refractivity (Wildman–Crippen MR) is 101 cm³/mol. The van der Waals surface area contributed by atoms with E-state index in [-0.39, 0.29) is 5.91 Å². The predicted octanol–water partition coefficient (Wildman–Crippen LogP) is 2.57. The number of anilines is 1. The van der Waals surface area contributed by atoms with Gasteiger partial charge in [0.15, 0.2) is 0 Å². The van der Waals surface area contributed by atoms with E-state index in [4.69, 9.17) is 4.74 Å². The highest BCUT2D eigenvalue weighted by Crippen LogP contribution is 2.39. The maximum absolute atomic E-state index is 12.7. The third-order valence-corrected chi connectivity index (χ3v) is 4.34. The molecule has 0 radical (unpaired) electrons. The van der Waals surface area contributed by atoms with Crippen LogP contribution in [-0.2, 0) is 4.74 Å². The monoisotopic (exact) mass is 362 g/mol. The van der Waals surface area contributed by atoms with Crippen molar-refractivity contribution in [1.29, 1.82) is 0 Å². The van der Waals surface area contributed by atoms with E-state index in [1.165, 1.54) is 0 Å². The Balaban J connectivity index is 2.04. The van der Waals surface area contributed by atoms with Crippen LogP contribution in [0.3, 0.4) is 0 Å². The highest BCUT2D eigenvalue weighted by atomic mass is 16.6. The standard InChI is InChI=1S/C19H30N4O3/c1-18(2,3)26-17(25)21-12-19(4,14-7-8-14)22-16(24)13-9-10-20-15(11-13)23(5)6/h9-11,14H,7-8,12H2,1-6H3,(H,21,25)(H,22,24). The highest BCUT2D eigenvalue weighted by molar-refractivity contribution is 5.95. The number of nitrogens with zero attached hydrogens (tertiary/aromatic N) is 2. The largest absolute Gasteiger partial charge is 0.444 e. The second kappa shape index (κ2) is 7.51. The minimum Gasteiger partial charge on any atom is -0.444 e. The number of amides is 2. The average Bonchev–Trinajstić information content (AvgIpc) is 3.37. The molecule has 0 aromatic carbocycles. The fourth-order valence-electron chi connectivity index (χ4n) is 2.72. The van der Waals surface area contributed by atoms with Crippen LogP contribution in [0.1, 0.15) is 50.9 Å². The molecule has 7 heteroatoms. The lowest BCUT2D eigenvalue weighted by atomic mass is 9.95.